The third-order valence-corrected chi connectivity index (χ3v) is 2.98. The minimum atomic E-state index is 0.208. The molecule has 1 aromatic heterocycles. The van der Waals surface area contributed by atoms with Crippen LogP contribution in [0.25, 0.3) is 0 Å². The van der Waals surface area contributed by atoms with Crippen molar-refractivity contribution in [2.24, 2.45) is 0 Å². The molecule has 0 spiro atoms. The van der Waals surface area contributed by atoms with Gasteiger partial charge < -0.3 is 9.88 Å². The van der Waals surface area contributed by atoms with E-state index in [0.29, 0.717) is 6.04 Å². The summed E-state index contributed by atoms with van der Waals surface area (Å²) in [7, 11) is 0. The van der Waals surface area contributed by atoms with Crippen molar-refractivity contribution in [2.75, 3.05) is 6.54 Å². The molecule has 0 aromatic carbocycles. The van der Waals surface area contributed by atoms with Gasteiger partial charge in [-0.15, -0.1) is 0 Å². The molecule has 0 amide bonds. The molecule has 1 unspecified atom stereocenters. The first-order chi connectivity index (χ1) is 7.31. The van der Waals surface area contributed by atoms with E-state index < -0.39 is 0 Å². The van der Waals surface area contributed by atoms with Crippen LogP contribution in [0.5, 0.6) is 0 Å². The number of nitrogens with one attached hydrogen (secondary N) is 1. The molecule has 0 saturated heterocycles. The van der Waals surface area contributed by atoms with E-state index >= 15 is 0 Å². The van der Waals surface area contributed by atoms with Crippen molar-refractivity contribution in [1.82, 2.24) is 14.9 Å². The molecule has 0 aliphatic carbocycles. The summed E-state index contributed by atoms with van der Waals surface area (Å²) in [5, 5.41) is 3.52. The molecular weight excluding hydrogens is 198 g/mol. The molecule has 3 nitrogen and oxygen atoms in total. The number of nitrogens with zero attached hydrogens (tertiary/aromatic N) is 2. The number of aromatic nitrogens is 2. The number of hydrogen-bond donors (Lipinski definition) is 1. The Bertz CT molecular complexity index is 333. The average molecular weight is 223 g/mol. The van der Waals surface area contributed by atoms with E-state index in [1.54, 1.807) is 0 Å². The van der Waals surface area contributed by atoms with Gasteiger partial charge in [0.1, 0.15) is 0 Å². The molecule has 1 heterocycles. The molecule has 0 aliphatic rings. The minimum Gasteiger partial charge on any atom is -0.332 e. The largest absolute Gasteiger partial charge is 0.332 e. The van der Waals surface area contributed by atoms with E-state index in [9.17, 15) is 0 Å². The van der Waals surface area contributed by atoms with E-state index in [4.69, 9.17) is 0 Å². The molecule has 1 aromatic rings. The second-order valence-corrected chi connectivity index (χ2v) is 5.64. The first kappa shape index (κ1) is 13.2. The Morgan fingerprint density at radius 1 is 1.38 bits per heavy atom. The van der Waals surface area contributed by atoms with Gasteiger partial charge in [-0.2, -0.15) is 0 Å². The zero-order chi connectivity index (χ0) is 12.3. The highest BCUT2D eigenvalue weighted by atomic mass is 15.1. The van der Waals surface area contributed by atoms with Crippen molar-refractivity contribution in [2.45, 2.75) is 59.5 Å². The standard InChI is InChI=1S/C13H25N3/c1-10(7-8-15-13(4,5)6)16-9-14-11(2)12(16)3/h9-10,15H,7-8H2,1-6H3. The number of aryl methyl sites for hydroxylation is 1. The summed E-state index contributed by atoms with van der Waals surface area (Å²) in [6, 6.07) is 0.510. The summed E-state index contributed by atoms with van der Waals surface area (Å²) in [5.41, 5.74) is 2.62. The highest BCUT2D eigenvalue weighted by molar-refractivity contribution is 5.09. The second kappa shape index (κ2) is 5.00. The summed E-state index contributed by atoms with van der Waals surface area (Å²) >= 11 is 0. The fourth-order valence-electron chi connectivity index (χ4n) is 1.76. The van der Waals surface area contributed by atoms with Crippen LogP contribution in [0.2, 0.25) is 0 Å². The third-order valence-electron chi connectivity index (χ3n) is 2.98. The Morgan fingerprint density at radius 3 is 2.44 bits per heavy atom. The molecule has 1 atom stereocenters. The predicted molar refractivity (Wildman–Crippen MR) is 68.8 cm³/mol. The smallest absolute Gasteiger partial charge is 0.0953 e. The maximum atomic E-state index is 4.34. The van der Waals surface area contributed by atoms with Gasteiger partial charge in [-0.3, -0.25) is 0 Å². The highest BCUT2D eigenvalue weighted by Gasteiger charge is 2.12. The molecule has 1 rings (SSSR count). The average Bonchev–Trinajstić information content (AvgIpc) is 2.45. The van der Waals surface area contributed by atoms with Gasteiger partial charge in [0, 0.05) is 17.3 Å². The second-order valence-electron chi connectivity index (χ2n) is 5.64. The van der Waals surface area contributed by atoms with E-state index in [0.717, 1.165) is 18.7 Å². The first-order valence-corrected chi connectivity index (χ1v) is 6.06. The van der Waals surface area contributed by atoms with Gasteiger partial charge in [0.05, 0.1) is 12.0 Å². The SMILES string of the molecule is Cc1ncn(C(C)CCNC(C)(C)C)c1C. The monoisotopic (exact) mass is 223 g/mol. The molecule has 1 N–H and O–H groups in total. The quantitative estimate of drug-likeness (QED) is 0.850. The van der Waals surface area contributed by atoms with Crippen molar-refractivity contribution in [3.63, 3.8) is 0 Å². The number of imidazole rings is 1. The number of hydrogen-bond acceptors (Lipinski definition) is 2. The van der Waals surface area contributed by atoms with Crippen molar-refractivity contribution in [3.05, 3.63) is 17.7 Å². The highest BCUT2D eigenvalue weighted by Crippen LogP contribution is 2.15. The Balaban J connectivity index is 2.47. The Morgan fingerprint density at radius 2 is 2.00 bits per heavy atom. The third kappa shape index (κ3) is 3.63. The lowest BCUT2D eigenvalue weighted by molar-refractivity contribution is 0.390. The van der Waals surface area contributed by atoms with Gasteiger partial charge in [0.2, 0.25) is 0 Å². The van der Waals surface area contributed by atoms with Crippen LogP contribution >= 0.6 is 0 Å². The minimum absolute atomic E-state index is 0.208. The van der Waals surface area contributed by atoms with Gasteiger partial charge in [0.15, 0.2) is 0 Å². The summed E-state index contributed by atoms with van der Waals surface area (Å²) in [6.45, 7) is 14.1. The number of rotatable bonds is 4. The van der Waals surface area contributed by atoms with E-state index in [1.165, 1.54) is 5.69 Å². The van der Waals surface area contributed by atoms with Crippen LogP contribution in [0.1, 0.15) is 51.5 Å². The lowest BCUT2D eigenvalue weighted by Crippen LogP contribution is -2.37. The van der Waals surface area contributed by atoms with E-state index in [2.05, 4.69) is 56.4 Å². The lowest BCUT2D eigenvalue weighted by atomic mass is 10.1. The molecule has 0 fully saturated rings. The Kier molecular flexibility index (Phi) is 4.14. The van der Waals surface area contributed by atoms with Gasteiger partial charge in [-0.05, 0) is 54.5 Å². The van der Waals surface area contributed by atoms with Gasteiger partial charge >= 0.3 is 0 Å². The van der Waals surface area contributed by atoms with E-state index in [1.807, 2.05) is 6.33 Å². The lowest BCUT2D eigenvalue weighted by Gasteiger charge is -2.22. The summed E-state index contributed by atoms with van der Waals surface area (Å²) in [4.78, 5) is 4.34. The first-order valence-electron chi connectivity index (χ1n) is 6.06. The predicted octanol–water partition coefficient (Wildman–Crippen LogP) is 2.84. The Hall–Kier alpha value is -0.830. The van der Waals surface area contributed by atoms with Crippen LogP contribution in [0.15, 0.2) is 6.33 Å². The van der Waals surface area contributed by atoms with Gasteiger partial charge in [0.25, 0.3) is 0 Å². The van der Waals surface area contributed by atoms with Crippen LogP contribution in [0.3, 0.4) is 0 Å². The fourth-order valence-corrected chi connectivity index (χ4v) is 1.76. The van der Waals surface area contributed by atoms with Crippen molar-refractivity contribution >= 4 is 0 Å². The maximum absolute atomic E-state index is 4.34. The van der Waals surface area contributed by atoms with Crippen molar-refractivity contribution in [1.29, 1.82) is 0 Å². The van der Waals surface area contributed by atoms with Crippen LogP contribution in [0.4, 0.5) is 0 Å². The molecular formula is C13H25N3. The molecule has 3 heteroatoms. The van der Waals surface area contributed by atoms with E-state index in [-0.39, 0.29) is 5.54 Å². The van der Waals surface area contributed by atoms with Crippen molar-refractivity contribution < 1.29 is 0 Å². The molecule has 16 heavy (non-hydrogen) atoms. The van der Waals surface area contributed by atoms with Crippen LogP contribution in [-0.4, -0.2) is 21.6 Å². The van der Waals surface area contributed by atoms with Crippen molar-refractivity contribution in [3.8, 4) is 0 Å². The maximum Gasteiger partial charge on any atom is 0.0953 e. The zero-order valence-electron chi connectivity index (χ0n) is 11.5. The van der Waals surface area contributed by atoms with Crippen LogP contribution < -0.4 is 5.32 Å². The molecule has 0 radical (unpaired) electrons. The van der Waals surface area contributed by atoms with Crippen LogP contribution in [0, 0.1) is 13.8 Å². The Labute approximate surface area is 99.3 Å². The molecule has 92 valence electrons. The molecule has 0 aliphatic heterocycles. The molecule has 0 saturated carbocycles. The summed E-state index contributed by atoms with van der Waals surface area (Å²) < 4.78 is 2.26. The molecule has 0 bridgehead atoms. The summed E-state index contributed by atoms with van der Waals surface area (Å²) in [6.07, 6.45) is 3.08. The van der Waals surface area contributed by atoms with Crippen LogP contribution in [-0.2, 0) is 0 Å². The fraction of sp³-hybridized carbons (Fsp3) is 0.769. The zero-order valence-corrected chi connectivity index (χ0v) is 11.5. The summed E-state index contributed by atoms with van der Waals surface area (Å²) in [5.74, 6) is 0. The topological polar surface area (TPSA) is 29.9 Å². The van der Waals surface area contributed by atoms with Gasteiger partial charge in [-0.25, -0.2) is 4.98 Å². The van der Waals surface area contributed by atoms with Gasteiger partial charge in [-0.1, -0.05) is 0 Å². The normalized spacial score (nSPS) is 14.1.